The highest BCUT2D eigenvalue weighted by molar-refractivity contribution is 7.89. The Morgan fingerprint density at radius 1 is 1.11 bits per heavy atom. The molecule has 0 fully saturated rings. The van der Waals surface area contributed by atoms with Crippen LogP contribution in [0.15, 0.2) is 41.3 Å². The van der Waals surface area contributed by atoms with E-state index in [0.717, 1.165) is 17.5 Å². The topological polar surface area (TPSA) is 66.9 Å². The summed E-state index contributed by atoms with van der Waals surface area (Å²) < 4.78 is 71.5. The summed E-state index contributed by atoms with van der Waals surface area (Å²) in [5, 5.41) is 0. The number of fused-ring (bicyclic) bond motifs is 1. The van der Waals surface area contributed by atoms with E-state index in [0.29, 0.717) is 6.07 Å². The van der Waals surface area contributed by atoms with Crippen LogP contribution in [0.25, 0.3) is 0 Å². The van der Waals surface area contributed by atoms with Gasteiger partial charge in [0.05, 0.1) is 19.5 Å². The van der Waals surface area contributed by atoms with E-state index in [1.807, 2.05) is 0 Å². The Kier molecular flexibility index (Phi) is 5.11. The Balaban J connectivity index is 2.02. The highest BCUT2D eigenvalue weighted by Gasteiger charge is 2.36. The molecule has 0 atom stereocenters. The van der Waals surface area contributed by atoms with Crippen LogP contribution < -0.4 is 4.90 Å². The van der Waals surface area contributed by atoms with Crippen LogP contribution in [0.2, 0.25) is 0 Å². The molecule has 1 heterocycles. The quantitative estimate of drug-likeness (QED) is 0.582. The standard InChI is InChI=1S/C17H15F3N2O4S/c1-26-17(23)9-22-10-21(8-11-6-13(19)14(20)7-12(11)18)15-4-2-3-5-16(15)27(22,24)25/h2-7H,8-10H2,1H3. The molecule has 0 saturated carbocycles. The van der Waals surface area contributed by atoms with Crippen molar-refractivity contribution < 1.29 is 31.1 Å². The fourth-order valence-electron chi connectivity index (χ4n) is 2.79. The molecule has 144 valence electrons. The van der Waals surface area contributed by atoms with Crippen molar-refractivity contribution in [2.75, 3.05) is 25.2 Å². The van der Waals surface area contributed by atoms with Gasteiger partial charge in [-0.3, -0.25) is 4.79 Å². The Labute approximate surface area is 153 Å². The maximum absolute atomic E-state index is 14.0. The minimum Gasteiger partial charge on any atom is -0.468 e. The third kappa shape index (κ3) is 3.62. The first kappa shape index (κ1) is 19.2. The van der Waals surface area contributed by atoms with Crippen LogP contribution in [0, 0.1) is 17.5 Å². The van der Waals surface area contributed by atoms with Gasteiger partial charge in [-0.05, 0) is 18.2 Å². The third-order valence-electron chi connectivity index (χ3n) is 4.14. The first-order valence-electron chi connectivity index (χ1n) is 7.78. The van der Waals surface area contributed by atoms with Crippen molar-refractivity contribution in [3.05, 3.63) is 59.4 Å². The Morgan fingerprint density at radius 2 is 1.78 bits per heavy atom. The van der Waals surface area contributed by atoms with E-state index >= 15 is 0 Å². The molecule has 27 heavy (non-hydrogen) atoms. The molecular formula is C17H15F3N2O4S. The van der Waals surface area contributed by atoms with Gasteiger partial charge < -0.3 is 9.64 Å². The second-order valence-corrected chi connectivity index (χ2v) is 7.76. The molecule has 0 amide bonds. The Bertz CT molecular complexity index is 998. The number of halogens is 3. The number of ether oxygens (including phenoxy) is 1. The lowest BCUT2D eigenvalue weighted by Crippen LogP contribution is -2.48. The average molecular weight is 400 g/mol. The van der Waals surface area contributed by atoms with Crippen LogP contribution in [0.1, 0.15) is 5.56 Å². The number of benzene rings is 2. The molecule has 6 nitrogen and oxygen atoms in total. The predicted molar refractivity (Wildman–Crippen MR) is 89.7 cm³/mol. The summed E-state index contributed by atoms with van der Waals surface area (Å²) in [6.45, 7) is -1.05. The average Bonchev–Trinajstić information content (AvgIpc) is 2.63. The van der Waals surface area contributed by atoms with Gasteiger partial charge >= 0.3 is 5.97 Å². The second kappa shape index (κ2) is 7.20. The van der Waals surface area contributed by atoms with Crippen LogP contribution in [0.3, 0.4) is 0 Å². The summed E-state index contributed by atoms with van der Waals surface area (Å²) in [5.41, 5.74) is 0.115. The van der Waals surface area contributed by atoms with Crippen molar-refractivity contribution in [1.29, 1.82) is 0 Å². The number of anilines is 1. The number of sulfonamides is 1. The van der Waals surface area contributed by atoms with Crippen molar-refractivity contribution in [3.63, 3.8) is 0 Å². The molecule has 0 bridgehead atoms. The Hall–Kier alpha value is -2.59. The number of carbonyl (C=O) groups excluding carboxylic acids is 1. The van der Waals surface area contributed by atoms with Crippen molar-refractivity contribution in [2.45, 2.75) is 11.4 Å². The largest absolute Gasteiger partial charge is 0.468 e. The molecule has 2 aromatic carbocycles. The van der Waals surface area contributed by atoms with Crippen LogP contribution in [-0.4, -0.2) is 39.0 Å². The first-order valence-corrected chi connectivity index (χ1v) is 9.22. The summed E-state index contributed by atoms with van der Waals surface area (Å²) in [4.78, 5) is 13.0. The monoisotopic (exact) mass is 400 g/mol. The molecule has 0 spiro atoms. The third-order valence-corrected chi connectivity index (χ3v) is 5.96. The number of para-hydroxylation sites is 1. The number of hydrogen-bond acceptors (Lipinski definition) is 5. The molecule has 2 aromatic rings. The molecule has 3 rings (SSSR count). The molecule has 1 aliphatic rings. The number of hydrogen-bond donors (Lipinski definition) is 0. The zero-order chi connectivity index (χ0) is 19.8. The Morgan fingerprint density at radius 3 is 2.48 bits per heavy atom. The number of esters is 1. The minimum atomic E-state index is -3.98. The van der Waals surface area contributed by atoms with E-state index in [4.69, 9.17) is 0 Å². The van der Waals surface area contributed by atoms with E-state index in [9.17, 15) is 26.4 Å². The predicted octanol–water partition coefficient (Wildman–Crippen LogP) is 2.25. The van der Waals surface area contributed by atoms with Gasteiger partial charge in [0, 0.05) is 18.2 Å². The van der Waals surface area contributed by atoms with Gasteiger partial charge in [0.2, 0.25) is 10.0 Å². The molecular weight excluding hydrogens is 385 g/mol. The molecule has 0 saturated heterocycles. The summed E-state index contributed by atoms with van der Waals surface area (Å²) in [7, 11) is -2.85. The van der Waals surface area contributed by atoms with Gasteiger partial charge in [-0.2, -0.15) is 4.31 Å². The van der Waals surface area contributed by atoms with Gasteiger partial charge in [-0.1, -0.05) is 12.1 Å². The number of nitrogens with zero attached hydrogens (tertiary/aromatic N) is 2. The van der Waals surface area contributed by atoms with Crippen molar-refractivity contribution in [2.24, 2.45) is 0 Å². The minimum absolute atomic E-state index is 0.0804. The summed E-state index contributed by atoms with van der Waals surface area (Å²) in [5.74, 6) is -4.25. The van der Waals surface area contributed by atoms with E-state index in [1.165, 1.54) is 23.1 Å². The van der Waals surface area contributed by atoms with Crippen molar-refractivity contribution in [1.82, 2.24) is 4.31 Å². The normalized spacial score (nSPS) is 16.1. The maximum Gasteiger partial charge on any atom is 0.321 e. The van der Waals surface area contributed by atoms with E-state index in [-0.39, 0.29) is 29.4 Å². The van der Waals surface area contributed by atoms with Gasteiger partial charge in [-0.25, -0.2) is 21.6 Å². The number of methoxy groups -OCH3 is 1. The zero-order valence-electron chi connectivity index (χ0n) is 14.2. The molecule has 0 aromatic heterocycles. The second-order valence-electron chi connectivity index (χ2n) is 5.86. The highest BCUT2D eigenvalue weighted by Crippen LogP contribution is 2.34. The number of carbonyl (C=O) groups is 1. The lowest BCUT2D eigenvalue weighted by molar-refractivity contribution is -0.140. The first-order chi connectivity index (χ1) is 12.7. The van der Waals surface area contributed by atoms with Gasteiger partial charge in [0.25, 0.3) is 0 Å². The van der Waals surface area contributed by atoms with Crippen LogP contribution in [0.4, 0.5) is 18.9 Å². The molecule has 0 radical (unpaired) electrons. The zero-order valence-corrected chi connectivity index (χ0v) is 15.0. The molecule has 0 N–H and O–H groups in total. The molecule has 10 heteroatoms. The molecule has 0 aliphatic carbocycles. The van der Waals surface area contributed by atoms with Crippen LogP contribution in [-0.2, 0) is 26.1 Å². The van der Waals surface area contributed by atoms with Gasteiger partial charge in [0.1, 0.15) is 17.3 Å². The summed E-state index contributed by atoms with van der Waals surface area (Å²) >= 11 is 0. The smallest absolute Gasteiger partial charge is 0.321 e. The maximum atomic E-state index is 14.0. The van der Waals surface area contributed by atoms with Crippen molar-refractivity contribution in [3.8, 4) is 0 Å². The van der Waals surface area contributed by atoms with Gasteiger partial charge in [0.15, 0.2) is 11.6 Å². The fraction of sp³-hybridized carbons (Fsp3) is 0.235. The van der Waals surface area contributed by atoms with E-state index in [2.05, 4.69) is 4.74 Å². The van der Waals surface area contributed by atoms with Crippen molar-refractivity contribution >= 4 is 21.7 Å². The lowest BCUT2D eigenvalue weighted by Gasteiger charge is -2.37. The summed E-state index contributed by atoms with van der Waals surface area (Å²) in [6, 6.07) is 7.13. The highest BCUT2D eigenvalue weighted by atomic mass is 32.2. The van der Waals surface area contributed by atoms with Gasteiger partial charge in [-0.15, -0.1) is 0 Å². The molecule has 1 aliphatic heterocycles. The van der Waals surface area contributed by atoms with Crippen LogP contribution in [0.5, 0.6) is 0 Å². The lowest BCUT2D eigenvalue weighted by atomic mass is 10.1. The van der Waals surface area contributed by atoms with E-state index in [1.54, 1.807) is 6.07 Å². The SMILES string of the molecule is COC(=O)CN1CN(Cc2cc(F)c(F)cc2F)c2ccccc2S1(=O)=O. The molecule has 0 unspecified atom stereocenters. The number of rotatable bonds is 4. The fourth-order valence-corrected chi connectivity index (χ4v) is 4.34. The van der Waals surface area contributed by atoms with E-state index < -0.39 is 40.0 Å². The van der Waals surface area contributed by atoms with Crippen LogP contribution >= 0.6 is 0 Å². The summed E-state index contributed by atoms with van der Waals surface area (Å²) in [6.07, 6.45) is 0.